The zero-order valence-corrected chi connectivity index (χ0v) is 17.0. The Morgan fingerprint density at radius 3 is 2.55 bits per heavy atom. The lowest BCUT2D eigenvalue weighted by Gasteiger charge is -2.16. The fourth-order valence-electron chi connectivity index (χ4n) is 3.22. The molecule has 4 rings (SSSR count). The molecule has 0 aliphatic carbocycles. The van der Waals surface area contributed by atoms with Gasteiger partial charge >= 0.3 is 0 Å². The molecule has 0 unspecified atom stereocenters. The summed E-state index contributed by atoms with van der Waals surface area (Å²) in [4.78, 5) is 0. The van der Waals surface area contributed by atoms with E-state index >= 15 is 0 Å². The molecule has 0 fully saturated rings. The molecule has 4 aromatic rings. The molecule has 5 heteroatoms. The molecule has 0 radical (unpaired) electrons. The summed E-state index contributed by atoms with van der Waals surface area (Å²) in [6, 6.07) is 24.4. The Hall–Kier alpha value is -2.75. The van der Waals surface area contributed by atoms with Crippen molar-refractivity contribution in [2.24, 2.45) is 0 Å². The first-order valence-corrected chi connectivity index (χ1v) is 9.92. The first-order chi connectivity index (χ1) is 14.1. The van der Waals surface area contributed by atoms with Crippen molar-refractivity contribution in [3.8, 4) is 5.75 Å². The molecule has 0 atom stereocenters. The molecule has 29 heavy (non-hydrogen) atoms. The number of halogens is 3. The summed E-state index contributed by atoms with van der Waals surface area (Å²) in [6.07, 6.45) is 0. The van der Waals surface area contributed by atoms with Crippen molar-refractivity contribution in [3.05, 3.63) is 106 Å². The molecule has 0 heterocycles. The zero-order chi connectivity index (χ0) is 20.2. The van der Waals surface area contributed by atoms with Gasteiger partial charge in [-0.2, -0.15) is 0 Å². The van der Waals surface area contributed by atoms with Crippen LogP contribution in [-0.4, -0.2) is 0 Å². The Bertz CT molecular complexity index is 1160. The molecule has 0 bridgehead atoms. The number of anilines is 1. The average Bonchev–Trinajstić information content (AvgIpc) is 2.73. The quantitative estimate of drug-likeness (QED) is 0.345. The molecule has 0 aromatic heterocycles. The Labute approximate surface area is 178 Å². The Morgan fingerprint density at radius 2 is 1.72 bits per heavy atom. The van der Waals surface area contributed by atoms with Gasteiger partial charge in [0.2, 0.25) is 0 Å². The molecule has 4 aromatic carbocycles. The van der Waals surface area contributed by atoms with E-state index in [1.54, 1.807) is 12.1 Å². The van der Waals surface area contributed by atoms with Crippen LogP contribution in [0.3, 0.4) is 0 Å². The van der Waals surface area contributed by atoms with Crippen LogP contribution in [0.4, 0.5) is 10.1 Å². The number of hydrogen-bond donors (Lipinski definition) is 1. The van der Waals surface area contributed by atoms with Crippen molar-refractivity contribution in [2.45, 2.75) is 13.2 Å². The largest absolute Gasteiger partial charge is 0.489 e. The van der Waals surface area contributed by atoms with Gasteiger partial charge in [-0.25, -0.2) is 4.39 Å². The zero-order valence-electron chi connectivity index (χ0n) is 15.5. The van der Waals surface area contributed by atoms with Gasteiger partial charge in [0.15, 0.2) is 0 Å². The van der Waals surface area contributed by atoms with Gasteiger partial charge in [0.25, 0.3) is 0 Å². The first-order valence-electron chi connectivity index (χ1n) is 9.17. The van der Waals surface area contributed by atoms with E-state index in [1.807, 2.05) is 48.5 Å². The maximum absolute atomic E-state index is 13.4. The van der Waals surface area contributed by atoms with Gasteiger partial charge in [0, 0.05) is 22.8 Å². The van der Waals surface area contributed by atoms with Crippen LogP contribution in [0.15, 0.2) is 78.9 Å². The highest BCUT2D eigenvalue weighted by atomic mass is 35.5. The smallest absolute Gasteiger partial charge is 0.141 e. The summed E-state index contributed by atoms with van der Waals surface area (Å²) in [5.41, 5.74) is 2.76. The van der Waals surface area contributed by atoms with E-state index in [0.29, 0.717) is 18.2 Å². The van der Waals surface area contributed by atoms with E-state index in [0.717, 1.165) is 33.3 Å². The lowest BCUT2D eigenvalue weighted by Crippen LogP contribution is -2.05. The Balaban J connectivity index is 1.62. The van der Waals surface area contributed by atoms with Crippen molar-refractivity contribution in [1.82, 2.24) is 0 Å². The number of rotatable bonds is 6. The van der Waals surface area contributed by atoms with Gasteiger partial charge in [-0.3, -0.25) is 0 Å². The topological polar surface area (TPSA) is 21.3 Å². The monoisotopic (exact) mass is 425 g/mol. The molecule has 2 nitrogen and oxygen atoms in total. The summed E-state index contributed by atoms with van der Waals surface area (Å²) in [7, 11) is 0. The van der Waals surface area contributed by atoms with Crippen LogP contribution in [-0.2, 0) is 13.2 Å². The molecule has 0 aliphatic heterocycles. The number of fused-ring (bicyclic) bond motifs is 1. The van der Waals surface area contributed by atoms with Gasteiger partial charge < -0.3 is 10.1 Å². The third-order valence-corrected chi connectivity index (χ3v) is 5.19. The second-order valence-corrected chi connectivity index (χ2v) is 7.51. The van der Waals surface area contributed by atoms with Crippen LogP contribution in [0.25, 0.3) is 10.8 Å². The molecular weight excluding hydrogens is 408 g/mol. The number of hydrogen-bond acceptors (Lipinski definition) is 2. The summed E-state index contributed by atoms with van der Waals surface area (Å²) in [6.45, 7) is 0.919. The normalized spacial score (nSPS) is 10.9. The van der Waals surface area contributed by atoms with Crippen LogP contribution in [0.1, 0.15) is 11.1 Å². The minimum atomic E-state index is -0.437. The van der Waals surface area contributed by atoms with Gasteiger partial charge in [0.1, 0.15) is 18.2 Å². The SMILES string of the molecule is Fc1ccc(NCc2c(OCc3cccc(Cl)c3)ccc3ccccc23)cc1Cl. The van der Waals surface area contributed by atoms with Gasteiger partial charge in [-0.05, 0) is 52.7 Å². The van der Waals surface area contributed by atoms with Crippen LogP contribution in [0.5, 0.6) is 5.75 Å². The standard InChI is InChI=1S/C24H18Cl2FNO/c25-18-6-3-4-16(12-18)15-29-24-11-8-17-5-1-2-7-20(17)21(24)14-28-19-9-10-23(27)22(26)13-19/h1-13,28H,14-15H2. The fraction of sp³-hybridized carbons (Fsp3) is 0.0833. The minimum absolute atomic E-state index is 0.0883. The van der Waals surface area contributed by atoms with Crippen molar-refractivity contribution in [1.29, 1.82) is 0 Å². The molecular formula is C24H18Cl2FNO. The van der Waals surface area contributed by atoms with E-state index in [4.69, 9.17) is 27.9 Å². The second kappa shape index (κ2) is 8.73. The minimum Gasteiger partial charge on any atom is -0.489 e. The lowest BCUT2D eigenvalue weighted by molar-refractivity contribution is 0.304. The molecule has 0 spiro atoms. The predicted molar refractivity (Wildman–Crippen MR) is 118 cm³/mol. The maximum atomic E-state index is 13.4. The first kappa shape index (κ1) is 19.6. The van der Waals surface area contributed by atoms with Crippen molar-refractivity contribution < 1.29 is 9.13 Å². The Kier molecular flexibility index (Phi) is 5.89. The van der Waals surface area contributed by atoms with E-state index in [9.17, 15) is 4.39 Å². The lowest BCUT2D eigenvalue weighted by atomic mass is 10.0. The number of benzene rings is 4. The van der Waals surface area contributed by atoms with Crippen molar-refractivity contribution >= 4 is 39.7 Å². The van der Waals surface area contributed by atoms with Crippen LogP contribution in [0, 0.1) is 5.82 Å². The van der Waals surface area contributed by atoms with E-state index in [-0.39, 0.29) is 5.02 Å². The highest BCUT2D eigenvalue weighted by molar-refractivity contribution is 6.31. The maximum Gasteiger partial charge on any atom is 0.141 e. The summed E-state index contributed by atoms with van der Waals surface area (Å²) in [5.74, 6) is 0.345. The van der Waals surface area contributed by atoms with Gasteiger partial charge in [0.05, 0.1) is 5.02 Å². The predicted octanol–water partition coefficient (Wildman–Crippen LogP) is 7.48. The fourth-order valence-corrected chi connectivity index (χ4v) is 3.61. The highest BCUT2D eigenvalue weighted by Crippen LogP contribution is 2.30. The van der Waals surface area contributed by atoms with Crippen molar-refractivity contribution in [2.75, 3.05) is 5.32 Å². The van der Waals surface area contributed by atoms with Gasteiger partial charge in [-0.1, -0.05) is 65.7 Å². The molecule has 0 saturated heterocycles. The van der Waals surface area contributed by atoms with Gasteiger partial charge in [-0.15, -0.1) is 0 Å². The summed E-state index contributed by atoms with van der Waals surface area (Å²) >= 11 is 12.0. The van der Waals surface area contributed by atoms with E-state index < -0.39 is 5.82 Å². The van der Waals surface area contributed by atoms with Crippen molar-refractivity contribution in [3.63, 3.8) is 0 Å². The third-order valence-electron chi connectivity index (χ3n) is 4.67. The van der Waals surface area contributed by atoms with E-state index in [2.05, 4.69) is 17.4 Å². The average molecular weight is 426 g/mol. The summed E-state index contributed by atoms with van der Waals surface area (Å²) < 4.78 is 19.6. The number of nitrogens with one attached hydrogen (secondary N) is 1. The number of ether oxygens (including phenoxy) is 1. The molecule has 0 amide bonds. The highest BCUT2D eigenvalue weighted by Gasteiger charge is 2.10. The molecule has 0 aliphatic rings. The van der Waals surface area contributed by atoms with Crippen LogP contribution < -0.4 is 10.1 Å². The summed E-state index contributed by atoms with van der Waals surface area (Å²) in [5, 5.41) is 6.30. The van der Waals surface area contributed by atoms with E-state index in [1.165, 1.54) is 6.07 Å². The van der Waals surface area contributed by atoms with Crippen LogP contribution >= 0.6 is 23.2 Å². The van der Waals surface area contributed by atoms with Crippen LogP contribution in [0.2, 0.25) is 10.0 Å². The molecule has 0 saturated carbocycles. The second-order valence-electron chi connectivity index (χ2n) is 6.66. The Morgan fingerprint density at radius 1 is 0.862 bits per heavy atom. The third kappa shape index (κ3) is 4.64. The molecule has 146 valence electrons. The molecule has 1 N–H and O–H groups in total.